The van der Waals surface area contributed by atoms with Gasteiger partial charge in [-0.2, -0.15) is 0 Å². The van der Waals surface area contributed by atoms with Crippen LogP contribution in [0.2, 0.25) is 0 Å². The third kappa shape index (κ3) is 4.52. The Morgan fingerprint density at radius 1 is 0.750 bits per heavy atom. The fourth-order valence-corrected chi connectivity index (χ4v) is 2.64. The molecule has 122 valence electrons. The molecule has 0 aliphatic rings. The van der Waals surface area contributed by atoms with Crippen molar-refractivity contribution in [1.29, 1.82) is 0 Å². The molecule has 4 heteroatoms. The Kier molecular flexibility index (Phi) is 5.39. The Morgan fingerprint density at radius 3 is 2.17 bits per heavy atom. The van der Waals surface area contributed by atoms with E-state index in [4.69, 9.17) is 14.2 Å². The van der Waals surface area contributed by atoms with Gasteiger partial charge < -0.3 is 14.2 Å². The van der Waals surface area contributed by atoms with Crippen molar-refractivity contribution in [2.75, 3.05) is 7.11 Å². The van der Waals surface area contributed by atoms with E-state index in [9.17, 15) is 0 Å². The zero-order chi connectivity index (χ0) is 16.8. The molecule has 24 heavy (non-hydrogen) atoms. The standard InChI is InChI=1S/C20H17BrO3/c1-22-17-9-7-15(8-10-17)14-23-19-11-16(21)12-20(13-19)24-18-5-3-2-4-6-18/h2-13H,14H2,1H3. The van der Waals surface area contributed by atoms with Crippen molar-refractivity contribution < 1.29 is 14.2 Å². The van der Waals surface area contributed by atoms with Gasteiger partial charge in [-0.1, -0.05) is 46.3 Å². The molecule has 0 atom stereocenters. The topological polar surface area (TPSA) is 27.7 Å². The molecule has 0 unspecified atom stereocenters. The number of halogens is 1. The van der Waals surface area contributed by atoms with Crippen molar-refractivity contribution in [3.8, 4) is 23.0 Å². The third-order valence-electron chi connectivity index (χ3n) is 3.39. The van der Waals surface area contributed by atoms with Crippen LogP contribution in [0.1, 0.15) is 5.56 Å². The largest absolute Gasteiger partial charge is 0.497 e. The lowest BCUT2D eigenvalue weighted by Crippen LogP contribution is -1.96. The molecule has 0 bridgehead atoms. The summed E-state index contributed by atoms with van der Waals surface area (Å²) in [5.74, 6) is 3.09. The minimum Gasteiger partial charge on any atom is -0.497 e. The van der Waals surface area contributed by atoms with Gasteiger partial charge in [0.2, 0.25) is 0 Å². The second-order valence-corrected chi connectivity index (χ2v) is 6.09. The van der Waals surface area contributed by atoms with Crippen molar-refractivity contribution >= 4 is 15.9 Å². The number of rotatable bonds is 6. The van der Waals surface area contributed by atoms with Gasteiger partial charge >= 0.3 is 0 Å². The zero-order valence-corrected chi connectivity index (χ0v) is 14.8. The minimum absolute atomic E-state index is 0.477. The first-order chi connectivity index (χ1) is 11.7. The monoisotopic (exact) mass is 384 g/mol. The van der Waals surface area contributed by atoms with Crippen molar-refractivity contribution in [1.82, 2.24) is 0 Å². The van der Waals surface area contributed by atoms with Crippen LogP contribution < -0.4 is 14.2 Å². The lowest BCUT2D eigenvalue weighted by Gasteiger charge is -2.11. The minimum atomic E-state index is 0.477. The molecule has 3 rings (SSSR count). The normalized spacial score (nSPS) is 10.2. The maximum Gasteiger partial charge on any atom is 0.132 e. The maximum atomic E-state index is 5.87. The highest BCUT2D eigenvalue weighted by Gasteiger charge is 2.04. The van der Waals surface area contributed by atoms with E-state index in [2.05, 4.69) is 15.9 Å². The number of para-hydroxylation sites is 1. The van der Waals surface area contributed by atoms with E-state index in [0.29, 0.717) is 6.61 Å². The molecule has 3 aromatic rings. The molecule has 0 saturated heterocycles. The van der Waals surface area contributed by atoms with E-state index in [-0.39, 0.29) is 0 Å². The SMILES string of the molecule is COc1ccc(COc2cc(Br)cc(Oc3ccccc3)c2)cc1. The number of hydrogen-bond donors (Lipinski definition) is 0. The molecule has 0 amide bonds. The Balaban J connectivity index is 1.69. The second kappa shape index (κ2) is 7.88. The third-order valence-corrected chi connectivity index (χ3v) is 3.85. The summed E-state index contributed by atoms with van der Waals surface area (Å²) >= 11 is 3.49. The maximum absolute atomic E-state index is 5.87. The van der Waals surface area contributed by atoms with Crippen LogP contribution in [-0.2, 0) is 6.61 Å². The van der Waals surface area contributed by atoms with Gasteiger partial charge in [0.15, 0.2) is 0 Å². The number of hydrogen-bond acceptors (Lipinski definition) is 3. The molecule has 0 aliphatic carbocycles. The van der Waals surface area contributed by atoms with Crippen LogP contribution in [0.15, 0.2) is 77.3 Å². The molecular formula is C20H17BrO3. The van der Waals surface area contributed by atoms with Crippen LogP contribution in [-0.4, -0.2) is 7.11 Å². The molecule has 0 N–H and O–H groups in total. The molecule has 0 spiro atoms. The summed E-state index contributed by atoms with van der Waals surface area (Å²) in [4.78, 5) is 0. The zero-order valence-electron chi connectivity index (χ0n) is 13.2. The van der Waals surface area contributed by atoms with Crippen LogP contribution in [0.4, 0.5) is 0 Å². The van der Waals surface area contributed by atoms with Crippen LogP contribution in [0.25, 0.3) is 0 Å². The van der Waals surface area contributed by atoms with E-state index in [1.54, 1.807) is 7.11 Å². The summed E-state index contributed by atoms with van der Waals surface area (Å²) in [5, 5.41) is 0. The fraction of sp³-hybridized carbons (Fsp3) is 0.100. The number of ether oxygens (including phenoxy) is 3. The highest BCUT2D eigenvalue weighted by molar-refractivity contribution is 9.10. The lowest BCUT2D eigenvalue weighted by atomic mass is 10.2. The van der Waals surface area contributed by atoms with Gasteiger partial charge in [0.05, 0.1) is 7.11 Å². The molecule has 0 radical (unpaired) electrons. The summed E-state index contributed by atoms with van der Waals surface area (Å²) in [7, 11) is 1.65. The van der Waals surface area contributed by atoms with E-state index >= 15 is 0 Å². The van der Waals surface area contributed by atoms with Gasteiger partial charge in [-0.05, 0) is 42.0 Å². The van der Waals surface area contributed by atoms with Crippen molar-refractivity contribution in [2.24, 2.45) is 0 Å². The Hall–Kier alpha value is -2.46. The van der Waals surface area contributed by atoms with E-state index in [1.165, 1.54) is 0 Å². The molecule has 0 fully saturated rings. The Labute approximate surface area is 149 Å². The Bertz CT molecular complexity index is 786. The first-order valence-electron chi connectivity index (χ1n) is 7.52. The Morgan fingerprint density at radius 2 is 1.46 bits per heavy atom. The van der Waals surface area contributed by atoms with Gasteiger partial charge in [-0.3, -0.25) is 0 Å². The van der Waals surface area contributed by atoms with E-state index in [0.717, 1.165) is 33.0 Å². The number of benzene rings is 3. The number of methoxy groups -OCH3 is 1. The summed E-state index contributed by atoms with van der Waals surface area (Å²) in [5.41, 5.74) is 1.07. The summed E-state index contributed by atoms with van der Waals surface area (Å²) in [6.07, 6.45) is 0. The smallest absolute Gasteiger partial charge is 0.132 e. The van der Waals surface area contributed by atoms with Gasteiger partial charge in [-0.25, -0.2) is 0 Å². The average Bonchev–Trinajstić information content (AvgIpc) is 2.61. The van der Waals surface area contributed by atoms with Crippen LogP contribution in [0, 0.1) is 0 Å². The van der Waals surface area contributed by atoms with Gasteiger partial charge in [0, 0.05) is 10.5 Å². The summed E-state index contributed by atoms with van der Waals surface area (Å²) in [6, 6.07) is 23.2. The first-order valence-corrected chi connectivity index (χ1v) is 8.31. The van der Waals surface area contributed by atoms with Crippen LogP contribution >= 0.6 is 15.9 Å². The molecule has 3 nitrogen and oxygen atoms in total. The quantitative estimate of drug-likeness (QED) is 0.535. The molecule has 0 heterocycles. The van der Waals surface area contributed by atoms with E-state index < -0.39 is 0 Å². The predicted molar refractivity (Wildman–Crippen MR) is 98.0 cm³/mol. The predicted octanol–water partition coefficient (Wildman–Crippen LogP) is 5.83. The molecule has 0 aliphatic heterocycles. The van der Waals surface area contributed by atoms with Gasteiger partial charge in [-0.15, -0.1) is 0 Å². The van der Waals surface area contributed by atoms with Crippen molar-refractivity contribution in [2.45, 2.75) is 6.61 Å². The van der Waals surface area contributed by atoms with Crippen LogP contribution in [0.3, 0.4) is 0 Å². The molecule has 0 saturated carbocycles. The first kappa shape index (κ1) is 16.4. The van der Waals surface area contributed by atoms with Crippen molar-refractivity contribution in [3.05, 3.63) is 82.8 Å². The average molecular weight is 385 g/mol. The van der Waals surface area contributed by atoms with E-state index in [1.807, 2.05) is 72.8 Å². The highest BCUT2D eigenvalue weighted by Crippen LogP contribution is 2.30. The van der Waals surface area contributed by atoms with Crippen LogP contribution in [0.5, 0.6) is 23.0 Å². The fourth-order valence-electron chi connectivity index (χ4n) is 2.19. The summed E-state index contributed by atoms with van der Waals surface area (Å²) in [6.45, 7) is 0.477. The molecular weight excluding hydrogens is 368 g/mol. The van der Waals surface area contributed by atoms with Gasteiger partial charge in [0.25, 0.3) is 0 Å². The second-order valence-electron chi connectivity index (χ2n) is 5.17. The van der Waals surface area contributed by atoms with Crippen molar-refractivity contribution in [3.63, 3.8) is 0 Å². The molecule has 0 aromatic heterocycles. The highest BCUT2D eigenvalue weighted by atomic mass is 79.9. The van der Waals surface area contributed by atoms with Gasteiger partial charge in [0.1, 0.15) is 29.6 Å². The lowest BCUT2D eigenvalue weighted by molar-refractivity contribution is 0.304. The molecule has 3 aromatic carbocycles. The summed E-state index contributed by atoms with van der Waals surface area (Å²) < 4.78 is 17.8.